The number of fused-ring (bicyclic) bond motifs is 1. The summed E-state index contributed by atoms with van der Waals surface area (Å²) in [6.07, 6.45) is 10.6. The van der Waals surface area contributed by atoms with E-state index in [1.807, 2.05) is 36.4 Å². The van der Waals surface area contributed by atoms with E-state index in [0.717, 1.165) is 36.5 Å². The topological polar surface area (TPSA) is 57.6 Å². The van der Waals surface area contributed by atoms with Gasteiger partial charge in [0.15, 0.2) is 0 Å². The zero-order valence-electron chi connectivity index (χ0n) is 18.7. The second-order valence-electron chi connectivity index (χ2n) is 9.47. The number of aliphatic hydroxyl groups excluding tert-OH is 1. The fourth-order valence-electron chi connectivity index (χ4n) is 5.66. The highest BCUT2D eigenvalue weighted by Gasteiger charge is 2.35. The number of Topliss-reactive ketones (excluding diaryl/α,β-unsaturated/α-hetero) is 1. The van der Waals surface area contributed by atoms with Crippen molar-refractivity contribution in [1.82, 2.24) is 4.90 Å². The Kier molecular flexibility index (Phi) is 7.06. The number of nitrogens with zero attached hydrogens (tertiary/aromatic N) is 1. The third kappa shape index (κ3) is 4.85. The van der Waals surface area contributed by atoms with Crippen LogP contribution >= 0.6 is 0 Å². The fraction of sp³-hybridized carbons (Fsp3) is 0.556. The molecule has 2 fully saturated rings. The van der Waals surface area contributed by atoms with Crippen molar-refractivity contribution in [2.24, 2.45) is 0 Å². The van der Waals surface area contributed by atoms with Gasteiger partial charge in [-0.15, -0.1) is 0 Å². The summed E-state index contributed by atoms with van der Waals surface area (Å²) in [5.74, 6) is -0.0244. The molecule has 2 aliphatic rings. The van der Waals surface area contributed by atoms with E-state index in [-0.39, 0.29) is 30.2 Å². The molecule has 0 aromatic heterocycles. The number of hydrogen-bond donors (Lipinski definition) is 1. The molecule has 2 aliphatic carbocycles. The molecule has 0 heterocycles. The van der Waals surface area contributed by atoms with Gasteiger partial charge in [-0.25, -0.2) is 0 Å². The lowest BCUT2D eigenvalue weighted by atomic mass is 9.86. The van der Waals surface area contributed by atoms with E-state index < -0.39 is 6.10 Å². The zero-order chi connectivity index (χ0) is 21.8. The lowest BCUT2D eigenvalue weighted by molar-refractivity contribution is -0.118. The molecular weight excluding hydrogens is 386 g/mol. The highest BCUT2D eigenvalue weighted by Crippen LogP contribution is 2.35. The van der Waals surface area contributed by atoms with Crippen LogP contribution in [-0.4, -0.2) is 33.8 Å². The van der Waals surface area contributed by atoms with E-state index >= 15 is 0 Å². The molecular formula is C27H35NO3. The van der Waals surface area contributed by atoms with Gasteiger partial charge in [0, 0.05) is 18.5 Å². The Morgan fingerprint density at radius 3 is 2.06 bits per heavy atom. The number of benzene rings is 2. The largest absolute Gasteiger partial charge is 0.388 e. The van der Waals surface area contributed by atoms with Gasteiger partial charge in [0.25, 0.3) is 5.91 Å². The van der Waals surface area contributed by atoms with E-state index in [0.29, 0.717) is 11.1 Å². The van der Waals surface area contributed by atoms with Gasteiger partial charge < -0.3 is 10.0 Å². The Hall–Kier alpha value is -2.20. The van der Waals surface area contributed by atoms with Gasteiger partial charge in [-0.2, -0.15) is 0 Å². The van der Waals surface area contributed by atoms with Crippen molar-refractivity contribution in [2.75, 3.05) is 0 Å². The quantitative estimate of drug-likeness (QED) is 0.626. The molecule has 0 unspecified atom stereocenters. The third-order valence-electron chi connectivity index (χ3n) is 7.19. The van der Waals surface area contributed by atoms with Crippen LogP contribution in [0.5, 0.6) is 0 Å². The number of ketones is 1. The van der Waals surface area contributed by atoms with Crippen molar-refractivity contribution >= 4 is 22.5 Å². The SMILES string of the molecule is CC(=O)C[C@@H](O)c1ccc2ccccc2c1C(=O)N(C1CCCCC1)C1CCCCC1. The predicted octanol–water partition coefficient (Wildman–Crippen LogP) is 5.96. The van der Waals surface area contributed by atoms with Crippen LogP contribution in [0.2, 0.25) is 0 Å². The van der Waals surface area contributed by atoms with E-state index in [1.54, 1.807) is 0 Å². The smallest absolute Gasteiger partial charge is 0.255 e. The Labute approximate surface area is 185 Å². The first kappa shape index (κ1) is 22.0. The fourth-order valence-corrected chi connectivity index (χ4v) is 5.66. The van der Waals surface area contributed by atoms with Gasteiger partial charge >= 0.3 is 0 Å². The summed E-state index contributed by atoms with van der Waals surface area (Å²) in [7, 11) is 0. The number of hydrogen-bond acceptors (Lipinski definition) is 3. The summed E-state index contributed by atoms with van der Waals surface area (Å²) < 4.78 is 0. The molecule has 4 heteroatoms. The van der Waals surface area contributed by atoms with Crippen molar-refractivity contribution in [3.63, 3.8) is 0 Å². The van der Waals surface area contributed by atoms with Crippen molar-refractivity contribution in [2.45, 2.75) is 95.7 Å². The Morgan fingerprint density at radius 2 is 1.48 bits per heavy atom. The monoisotopic (exact) mass is 421 g/mol. The average molecular weight is 422 g/mol. The molecule has 0 spiro atoms. The van der Waals surface area contributed by atoms with Crippen LogP contribution in [0, 0.1) is 0 Å². The summed E-state index contributed by atoms with van der Waals surface area (Å²) >= 11 is 0. The molecule has 4 nitrogen and oxygen atoms in total. The van der Waals surface area contributed by atoms with Crippen molar-refractivity contribution in [1.29, 1.82) is 0 Å². The molecule has 1 N–H and O–H groups in total. The van der Waals surface area contributed by atoms with Crippen LogP contribution in [-0.2, 0) is 4.79 Å². The standard InChI is InChI=1S/C27H35NO3/c1-19(29)18-25(30)24-17-16-20-10-8-9-15-23(20)26(24)27(31)28(21-11-4-2-5-12-21)22-13-6-3-7-14-22/h8-10,15-17,21-22,25,30H,2-7,11-14,18H2,1H3/t25-/m1/s1. The molecule has 0 radical (unpaired) electrons. The average Bonchev–Trinajstić information content (AvgIpc) is 2.79. The summed E-state index contributed by atoms with van der Waals surface area (Å²) in [5.41, 5.74) is 1.19. The molecule has 2 aromatic rings. The maximum absolute atomic E-state index is 14.3. The van der Waals surface area contributed by atoms with Gasteiger partial charge in [0.2, 0.25) is 0 Å². The summed E-state index contributed by atoms with van der Waals surface area (Å²) in [4.78, 5) is 28.2. The highest BCUT2D eigenvalue weighted by atomic mass is 16.3. The minimum Gasteiger partial charge on any atom is -0.388 e. The number of amides is 1. The first-order valence-corrected chi connectivity index (χ1v) is 12.1. The van der Waals surface area contributed by atoms with Gasteiger partial charge in [0.1, 0.15) is 5.78 Å². The zero-order valence-corrected chi connectivity index (χ0v) is 18.7. The van der Waals surface area contributed by atoms with E-state index in [1.165, 1.54) is 45.4 Å². The second kappa shape index (κ2) is 9.95. The van der Waals surface area contributed by atoms with Crippen LogP contribution in [0.1, 0.15) is 99.6 Å². The summed E-state index contributed by atoms with van der Waals surface area (Å²) in [5, 5.41) is 12.8. The van der Waals surface area contributed by atoms with Gasteiger partial charge in [0.05, 0.1) is 11.7 Å². The molecule has 166 valence electrons. The van der Waals surface area contributed by atoms with E-state index in [2.05, 4.69) is 4.90 Å². The lowest BCUT2D eigenvalue weighted by Crippen LogP contribution is -2.49. The Balaban J connectivity index is 1.81. The maximum Gasteiger partial charge on any atom is 0.255 e. The molecule has 2 aromatic carbocycles. The Morgan fingerprint density at radius 1 is 0.903 bits per heavy atom. The van der Waals surface area contributed by atoms with Crippen LogP contribution in [0.3, 0.4) is 0 Å². The lowest BCUT2D eigenvalue weighted by Gasteiger charge is -2.42. The summed E-state index contributed by atoms with van der Waals surface area (Å²) in [6.45, 7) is 1.49. The van der Waals surface area contributed by atoms with Gasteiger partial charge in [-0.05, 0) is 48.9 Å². The maximum atomic E-state index is 14.3. The minimum absolute atomic E-state index is 0.0332. The van der Waals surface area contributed by atoms with Crippen molar-refractivity contribution in [3.8, 4) is 0 Å². The third-order valence-corrected chi connectivity index (χ3v) is 7.19. The predicted molar refractivity (Wildman–Crippen MR) is 124 cm³/mol. The molecule has 2 saturated carbocycles. The number of carbonyl (C=O) groups is 2. The molecule has 0 aliphatic heterocycles. The Bertz CT molecular complexity index is 907. The van der Waals surface area contributed by atoms with Crippen molar-refractivity contribution in [3.05, 3.63) is 47.5 Å². The molecule has 1 amide bonds. The van der Waals surface area contributed by atoms with Crippen LogP contribution in [0.25, 0.3) is 10.8 Å². The first-order chi connectivity index (χ1) is 15.1. The van der Waals surface area contributed by atoms with Gasteiger partial charge in [-0.3, -0.25) is 9.59 Å². The molecule has 4 rings (SSSR count). The van der Waals surface area contributed by atoms with Crippen LogP contribution in [0.15, 0.2) is 36.4 Å². The molecule has 0 saturated heterocycles. The first-order valence-electron chi connectivity index (χ1n) is 12.1. The van der Waals surface area contributed by atoms with Gasteiger partial charge in [-0.1, -0.05) is 74.9 Å². The number of rotatable bonds is 6. The molecule has 31 heavy (non-hydrogen) atoms. The van der Waals surface area contributed by atoms with E-state index in [4.69, 9.17) is 0 Å². The van der Waals surface area contributed by atoms with Crippen LogP contribution < -0.4 is 0 Å². The highest BCUT2D eigenvalue weighted by molar-refractivity contribution is 6.08. The normalized spacial score (nSPS) is 19.3. The number of carbonyl (C=O) groups excluding carboxylic acids is 2. The molecule has 0 bridgehead atoms. The summed E-state index contributed by atoms with van der Waals surface area (Å²) in [6, 6.07) is 12.3. The molecule has 1 atom stereocenters. The van der Waals surface area contributed by atoms with E-state index in [9.17, 15) is 14.7 Å². The second-order valence-corrected chi connectivity index (χ2v) is 9.47. The minimum atomic E-state index is -0.958. The van der Waals surface area contributed by atoms with Crippen molar-refractivity contribution < 1.29 is 14.7 Å². The van der Waals surface area contributed by atoms with Crippen LogP contribution in [0.4, 0.5) is 0 Å². The number of aliphatic hydroxyl groups is 1.